The molecule has 1 aliphatic rings. The molecular formula is C14H24N4O. The zero-order valence-electron chi connectivity index (χ0n) is 12.1. The van der Waals surface area contributed by atoms with Crippen molar-refractivity contribution >= 4 is 0 Å². The van der Waals surface area contributed by atoms with Crippen LogP contribution in [0, 0.1) is 6.92 Å². The topological polar surface area (TPSA) is 52.5 Å². The second kappa shape index (κ2) is 6.41. The Morgan fingerprint density at radius 3 is 3.00 bits per heavy atom. The largest absolute Gasteiger partial charge is 0.395 e. The van der Waals surface area contributed by atoms with Crippen molar-refractivity contribution in [1.82, 2.24) is 19.8 Å². The fourth-order valence-electron chi connectivity index (χ4n) is 2.92. The van der Waals surface area contributed by atoms with Crippen LogP contribution in [-0.2, 0) is 6.54 Å². The van der Waals surface area contributed by atoms with E-state index in [1.54, 1.807) is 0 Å². The molecule has 1 aromatic heterocycles. The number of aliphatic hydroxyl groups excluding tert-OH is 1. The van der Waals surface area contributed by atoms with Gasteiger partial charge < -0.3 is 5.11 Å². The predicted molar refractivity (Wildman–Crippen MR) is 74.8 cm³/mol. The highest BCUT2D eigenvalue weighted by atomic mass is 16.3. The van der Waals surface area contributed by atoms with Crippen molar-refractivity contribution in [3.8, 4) is 0 Å². The summed E-state index contributed by atoms with van der Waals surface area (Å²) < 4.78 is 0. The molecule has 1 fully saturated rings. The molecule has 1 N–H and O–H groups in total. The van der Waals surface area contributed by atoms with Crippen LogP contribution in [0.1, 0.15) is 24.9 Å². The highest BCUT2D eigenvalue weighted by Crippen LogP contribution is 2.23. The molecule has 0 amide bonds. The molecule has 1 aliphatic heterocycles. The van der Waals surface area contributed by atoms with E-state index in [1.807, 2.05) is 19.2 Å². The number of hydrogen-bond acceptors (Lipinski definition) is 5. The first kappa shape index (κ1) is 14.4. The van der Waals surface area contributed by atoms with Crippen molar-refractivity contribution < 1.29 is 5.11 Å². The summed E-state index contributed by atoms with van der Waals surface area (Å²) in [5.74, 6) is 0.832. The van der Waals surface area contributed by atoms with E-state index >= 15 is 0 Å². The lowest BCUT2D eigenvalue weighted by Gasteiger charge is -2.30. The van der Waals surface area contributed by atoms with Crippen LogP contribution in [0.2, 0.25) is 0 Å². The Hall–Kier alpha value is -1.04. The van der Waals surface area contributed by atoms with Crippen LogP contribution >= 0.6 is 0 Å². The molecule has 0 unspecified atom stereocenters. The second-order valence-electron chi connectivity index (χ2n) is 5.37. The van der Waals surface area contributed by atoms with Gasteiger partial charge in [0.2, 0.25) is 0 Å². The first-order valence-electron chi connectivity index (χ1n) is 6.95. The predicted octanol–water partition coefficient (Wildman–Crippen LogP) is 0.672. The minimum atomic E-state index is 0.227. The summed E-state index contributed by atoms with van der Waals surface area (Å²) in [5, 5.41) is 9.04. The van der Waals surface area contributed by atoms with Gasteiger partial charge in [0, 0.05) is 37.9 Å². The van der Waals surface area contributed by atoms with E-state index in [2.05, 4.69) is 33.7 Å². The van der Waals surface area contributed by atoms with Gasteiger partial charge in [-0.25, -0.2) is 9.97 Å². The van der Waals surface area contributed by atoms with Crippen LogP contribution in [-0.4, -0.2) is 63.7 Å². The summed E-state index contributed by atoms with van der Waals surface area (Å²) in [6.45, 7) is 7.13. The van der Waals surface area contributed by atoms with Crippen LogP contribution in [0.3, 0.4) is 0 Å². The molecule has 2 atom stereocenters. The van der Waals surface area contributed by atoms with Crippen LogP contribution in [0.25, 0.3) is 0 Å². The van der Waals surface area contributed by atoms with Crippen LogP contribution < -0.4 is 0 Å². The molecule has 2 heterocycles. The zero-order valence-corrected chi connectivity index (χ0v) is 12.1. The number of hydrogen-bond donors (Lipinski definition) is 1. The minimum absolute atomic E-state index is 0.227. The van der Waals surface area contributed by atoms with Crippen LogP contribution in [0.5, 0.6) is 0 Å². The highest BCUT2D eigenvalue weighted by molar-refractivity contribution is 5.03. The second-order valence-corrected chi connectivity index (χ2v) is 5.37. The Morgan fingerprint density at radius 1 is 1.53 bits per heavy atom. The smallest absolute Gasteiger partial charge is 0.125 e. The molecule has 19 heavy (non-hydrogen) atoms. The van der Waals surface area contributed by atoms with E-state index < -0.39 is 0 Å². The number of aryl methyl sites for hydroxylation is 1. The fraction of sp³-hybridized carbons (Fsp3) is 0.714. The zero-order chi connectivity index (χ0) is 13.8. The first-order valence-corrected chi connectivity index (χ1v) is 6.95. The van der Waals surface area contributed by atoms with Gasteiger partial charge in [-0.05, 0) is 33.4 Å². The van der Waals surface area contributed by atoms with Crippen molar-refractivity contribution in [3.63, 3.8) is 0 Å². The van der Waals surface area contributed by atoms with Crippen molar-refractivity contribution in [2.75, 3.05) is 26.7 Å². The molecule has 0 saturated carbocycles. The minimum Gasteiger partial charge on any atom is -0.395 e. The molecular weight excluding hydrogens is 240 g/mol. The maximum absolute atomic E-state index is 9.04. The molecule has 5 nitrogen and oxygen atoms in total. The van der Waals surface area contributed by atoms with E-state index in [0.29, 0.717) is 12.1 Å². The summed E-state index contributed by atoms with van der Waals surface area (Å²) in [6.07, 6.45) is 2.98. The van der Waals surface area contributed by atoms with Gasteiger partial charge in [0.05, 0.1) is 12.3 Å². The van der Waals surface area contributed by atoms with Gasteiger partial charge >= 0.3 is 0 Å². The Labute approximate surface area is 115 Å². The van der Waals surface area contributed by atoms with Gasteiger partial charge in [-0.3, -0.25) is 9.80 Å². The third kappa shape index (κ3) is 3.49. The Morgan fingerprint density at radius 2 is 2.32 bits per heavy atom. The van der Waals surface area contributed by atoms with Gasteiger partial charge in [0.15, 0.2) is 0 Å². The Kier molecular flexibility index (Phi) is 4.85. The lowest BCUT2D eigenvalue weighted by molar-refractivity contribution is 0.144. The number of likely N-dealkylation sites (tertiary alicyclic amines) is 1. The summed E-state index contributed by atoms with van der Waals surface area (Å²) in [7, 11) is 2.09. The van der Waals surface area contributed by atoms with E-state index in [9.17, 15) is 0 Å². The number of likely N-dealkylation sites (N-methyl/N-ethyl adjacent to an activating group) is 1. The van der Waals surface area contributed by atoms with E-state index in [1.165, 1.54) is 0 Å². The van der Waals surface area contributed by atoms with Crippen molar-refractivity contribution in [1.29, 1.82) is 0 Å². The number of rotatable bonds is 5. The molecule has 106 valence electrons. The molecule has 0 spiro atoms. The lowest BCUT2D eigenvalue weighted by atomic mass is 10.1. The number of aromatic nitrogens is 2. The third-order valence-electron chi connectivity index (χ3n) is 4.06. The van der Waals surface area contributed by atoms with Gasteiger partial charge in [0.1, 0.15) is 5.82 Å². The monoisotopic (exact) mass is 264 g/mol. The standard InChI is InChI=1S/C14H24N4O/c1-11-14(17(3)8-9-19)5-7-18(11)10-13-4-6-15-12(2)16-13/h4,6,11,14,19H,5,7-10H2,1-3H3/t11-,14-/m1/s1. The van der Waals surface area contributed by atoms with Crippen LogP contribution in [0.15, 0.2) is 12.3 Å². The van der Waals surface area contributed by atoms with Gasteiger partial charge in [-0.15, -0.1) is 0 Å². The molecule has 5 heteroatoms. The summed E-state index contributed by atoms with van der Waals surface area (Å²) in [5.41, 5.74) is 1.09. The van der Waals surface area contributed by atoms with Crippen LogP contribution in [0.4, 0.5) is 0 Å². The maximum Gasteiger partial charge on any atom is 0.125 e. The Bertz CT molecular complexity index is 412. The number of nitrogens with zero attached hydrogens (tertiary/aromatic N) is 4. The number of aliphatic hydroxyl groups is 1. The van der Waals surface area contributed by atoms with Gasteiger partial charge in [-0.2, -0.15) is 0 Å². The molecule has 0 aliphatic carbocycles. The lowest BCUT2D eigenvalue weighted by Crippen LogP contribution is -2.42. The molecule has 0 aromatic carbocycles. The average molecular weight is 264 g/mol. The van der Waals surface area contributed by atoms with Crippen molar-refractivity contribution in [2.24, 2.45) is 0 Å². The van der Waals surface area contributed by atoms with Crippen molar-refractivity contribution in [3.05, 3.63) is 23.8 Å². The summed E-state index contributed by atoms with van der Waals surface area (Å²) >= 11 is 0. The van der Waals surface area contributed by atoms with Gasteiger partial charge in [0.25, 0.3) is 0 Å². The molecule has 1 saturated heterocycles. The van der Waals surface area contributed by atoms with Gasteiger partial charge in [-0.1, -0.05) is 0 Å². The first-order chi connectivity index (χ1) is 9.11. The highest BCUT2D eigenvalue weighted by Gasteiger charge is 2.33. The molecule has 2 rings (SSSR count). The Balaban J connectivity index is 1.96. The normalized spacial score (nSPS) is 24.3. The quantitative estimate of drug-likeness (QED) is 0.847. The molecule has 0 bridgehead atoms. The molecule has 1 aromatic rings. The van der Waals surface area contributed by atoms with E-state index in [4.69, 9.17) is 5.11 Å². The van der Waals surface area contributed by atoms with E-state index in [-0.39, 0.29) is 6.61 Å². The maximum atomic E-state index is 9.04. The SMILES string of the molecule is Cc1nccc(CN2CC[C@@H](N(C)CCO)[C@H]2C)n1. The van der Waals surface area contributed by atoms with E-state index in [0.717, 1.165) is 37.6 Å². The fourth-order valence-corrected chi connectivity index (χ4v) is 2.92. The van der Waals surface area contributed by atoms with Crippen molar-refractivity contribution in [2.45, 2.75) is 38.9 Å². The summed E-state index contributed by atoms with van der Waals surface area (Å²) in [6, 6.07) is 3.01. The third-order valence-corrected chi connectivity index (χ3v) is 4.06. The molecule has 0 radical (unpaired) electrons. The average Bonchev–Trinajstić information content (AvgIpc) is 2.71. The summed E-state index contributed by atoms with van der Waals surface area (Å²) in [4.78, 5) is 13.3.